The molecular formula is C13H14N2O3. The minimum Gasteiger partial charge on any atom is -0.508 e. The first-order valence-corrected chi connectivity index (χ1v) is 6.04. The minimum absolute atomic E-state index is 0.0359. The highest BCUT2D eigenvalue weighted by Crippen LogP contribution is 2.33. The second kappa shape index (κ2) is 4.01. The summed E-state index contributed by atoms with van der Waals surface area (Å²) in [5.74, 6) is -0.262. The number of amides is 2. The van der Waals surface area contributed by atoms with E-state index in [4.69, 9.17) is 0 Å². The Labute approximate surface area is 104 Å². The number of benzene rings is 1. The van der Waals surface area contributed by atoms with E-state index in [1.165, 1.54) is 6.07 Å². The largest absolute Gasteiger partial charge is 0.508 e. The zero-order valence-electron chi connectivity index (χ0n) is 9.80. The van der Waals surface area contributed by atoms with Crippen LogP contribution in [0.15, 0.2) is 24.3 Å². The molecule has 1 atom stereocenters. The second-order valence-corrected chi connectivity index (χ2v) is 4.76. The van der Waals surface area contributed by atoms with Crippen LogP contribution in [0.25, 0.3) is 0 Å². The van der Waals surface area contributed by atoms with E-state index in [0.29, 0.717) is 5.56 Å². The molecule has 0 radical (unpaired) electrons. The van der Waals surface area contributed by atoms with Crippen molar-refractivity contribution >= 4 is 11.8 Å². The Morgan fingerprint density at radius 1 is 1.22 bits per heavy atom. The van der Waals surface area contributed by atoms with Crippen LogP contribution in [0.1, 0.15) is 24.4 Å². The molecule has 2 amide bonds. The van der Waals surface area contributed by atoms with Gasteiger partial charge in [0.1, 0.15) is 11.8 Å². The number of para-hydroxylation sites is 1. The minimum atomic E-state index is -0.756. The average Bonchev–Trinajstić information content (AvgIpc) is 3.17. The zero-order chi connectivity index (χ0) is 12.7. The number of phenols is 1. The predicted octanol–water partition coefficient (Wildman–Crippen LogP) is 0.554. The van der Waals surface area contributed by atoms with Gasteiger partial charge in [-0.2, -0.15) is 0 Å². The lowest BCUT2D eigenvalue weighted by atomic mass is 10.0. The first kappa shape index (κ1) is 11.1. The highest BCUT2D eigenvalue weighted by molar-refractivity contribution is 5.96. The Morgan fingerprint density at radius 3 is 2.61 bits per heavy atom. The summed E-state index contributed by atoms with van der Waals surface area (Å²) in [7, 11) is 0. The highest BCUT2D eigenvalue weighted by atomic mass is 16.3. The van der Waals surface area contributed by atoms with Gasteiger partial charge in [-0.3, -0.25) is 9.59 Å². The first-order chi connectivity index (χ1) is 8.66. The SMILES string of the molecule is O=C1CN(C2CC2)C(=O)[C@@H](c2ccccc2O)N1. The van der Waals surface area contributed by atoms with Crippen LogP contribution < -0.4 is 5.32 Å². The number of nitrogens with zero attached hydrogens (tertiary/aromatic N) is 1. The molecule has 2 aliphatic rings. The molecule has 0 spiro atoms. The standard InChI is InChI=1S/C13H14N2O3/c16-10-4-2-1-3-9(10)12-13(18)15(8-5-6-8)7-11(17)14-12/h1-4,8,12,16H,5-7H2,(H,14,17)/t12-/m1/s1. The molecule has 2 fully saturated rings. The highest BCUT2D eigenvalue weighted by Gasteiger charge is 2.41. The second-order valence-electron chi connectivity index (χ2n) is 4.76. The van der Waals surface area contributed by atoms with Crippen molar-refractivity contribution in [2.45, 2.75) is 24.9 Å². The number of carbonyl (C=O) groups excluding carboxylic acids is 2. The number of nitrogens with one attached hydrogen (secondary N) is 1. The number of hydrogen-bond donors (Lipinski definition) is 2. The van der Waals surface area contributed by atoms with Crippen molar-refractivity contribution in [3.05, 3.63) is 29.8 Å². The van der Waals surface area contributed by atoms with Gasteiger partial charge in [-0.05, 0) is 18.9 Å². The average molecular weight is 246 g/mol. The Kier molecular flexibility index (Phi) is 2.47. The van der Waals surface area contributed by atoms with E-state index in [-0.39, 0.29) is 30.2 Å². The van der Waals surface area contributed by atoms with Crippen molar-refractivity contribution in [3.63, 3.8) is 0 Å². The molecule has 1 saturated heterocycles. The van der Waals surface area contributed by atoms with Gasteiger partial charge in [0, 0.05) is 11.6 Å². The summed E-state index contributed by atoms with van der Waals surface area (Å²) in [6.45, 7) is 0.133. The maximum atomic E-state index is 12.3. The fourth-order valence-corrected chi connectivity index (χ4v) is 2.30. The zero-order valence-corrected chi connectivity index (χ0v) is 9.80. The number of aromatic hydroxyl groups is 1. The molecule has 1 heterocycles. The molecule has 1 saturated carbocycles. The van der Waals surface area contributed by atoms with Gasteiger partial charge in [0.05, 0.1) is 6.54 Å². The van der Waals surface area contributed by atoms with Crippen LogP contribution in [-0.4, -0.2) is 34.4 Å². The Hall–Kier alpha value is -2.04. The summed E-state index contributed by atoms with van der Waals surface area (Å²) < 4.78 is 0. The number of rotatable bonds is 2. The van der Waals surface area contributed by atoms with Crippen molar-refractivity contribution in [3.8, 4) is 5.75 Å². The van der Waals surface area contributed by atoms with Gasteiger partial charge >= 0.3 is 0 Å². The molecule has 1 aromatic carbocycles. The van der Waals surface area contributed by atoms with E-state index in [1.807, 2.05) is 0 Å². The summed E-state index contributed by atoms with van der Waals surface area (Å²) in [4.78, 5) is 25.6. The molecular weight excluding hydrogens is 232 g/mol. The molecule has 0 unspecified atom stereocenters. The molecule has 3 rings (SSSR count). The molecule has 5 heteroatoms. The van der Waals surface area contributed by atoms with Crippen molar-refractivity contribution in [2.24, 2.45) is 0 Å². The monoisotopic (exact) mass is 246 g/mol. The van der Waals surface area contributed by atoms with Gasteiger partial charge in [-0.1, -0.05) is 18.2 Å². The van der Waals surface area contributed by atoms with Crippen LogP contribution in [0.4, 0.5) is 0 Å². The van der Waals surface area contributed by atoms with Crippen LogP contribution in [0.2, 0.25) is 0 Å². The topological polar surface area (TPSA) is 69.6 Å². The number of phenolic OH excluding ortho intramolecular Hbond substituents is 1. The molecule has 0 bridgehead atoms. The third-order valence-electron chi connectivity index (χ3n) is 3.38. The Morgan fingerprint density at radius 2 is 1.94 bits per heavy atom. The fraction of sp³-hybridized carbons (Fsp3) is 0.385. The third-order valence-corrected chi connectivity index (χ3v) is 3.38. The quantitative estimate of drug-likeness (QED) is 0.800. The smallest absolute Gasteiger partial charge is 0.250 e. The van der Waals surface area contributed by atoms with E-state index < -0.39 is 6.04 Å². The van der Waals surface area contributed by atoms with Gasteiger partial charge in [-0.15, -0.1) is 0 Å². The lowest BCUT2D eigenvalue weighted by molar-refractivity contribution is -0.145. The van der Waals surface area contributed by atoms with Crippen molar-refractivity contribution in [1.29, 1.82) is 0 Å². The number of carbonyl (C=O) groups is 2. The van der Waals surface area contributed by atoms with Crippen LogP contribution in [0, 0.1) is 0 Å². The lowest BCUT2D eigenvalue weighted by Crippen LogP contribution is -2.54. The van der Waals surface area contributed by atoms with Gasteiger partial charge in [0.25, 0.3) is 5.91 Å². The lowest BCUT2D eigenvalue weighted by Gasteiger charge is -2.33. The Balaban J connectivity index is 1.93. The molecule has 1 aliphatic heterocycles. The van der Waals surface area contributed by atoms with E-state index >= 15 is 0 Å². The van der Waals surface area contributed by atoms with E-state index in [1.54, 1.807) is 23.1 Å². The molecule has 2 N–H and O–H groups in total. The van der Waals surface area contributed by atoms with E-state index in [2.05, 4.69) is 5.32 Å². The van der Waals surface area contributed by atoms with Crippen molar-refractivity contribution in [2.75, 3.05) is 6.54 Å². The summed E-state index contributed by atoms with van der Waals surface area (Å²) in [6.07, 6.45) is 1.93. The number of hydrogen-bond acceptors (Lipinski definition) is 3. The summed E-state index contributed by atoms with van der Waals surface area (Å²) >= 11 is 0. The summed E-state index contributed by atoms with van der Waals surface area (Å²) in [5, 5.41) is 12.4. The van der Waals surface area contributed by atoms with Crippen molar-refractivity contribution in [1.82, 2.24) is 10.2 Å². The maximum absolute atomic E-state index is 12.3. The summed E-state index contributed by atoms with van der Waals surface area (Å²) in [5.41, 5.74) is 0.459. The van der Waals surface area contributed by atoms with Gasteiger partial charge in [-0.25, -0.2) is 0 Å². The van der Waals surface area contributed by atoms with Gasteiger partial charge in [0.15, 0.2) is 0 Å². The van der Waals surface area contributed by atoms with Crippen LogP contribution >= 0.6 is 0 Å². The normalized spacial score (nSPS) is 24.0. The predicted molar refractivity (Wildman–Crippen MR) is 63.7 cm³/mol. The molecule has 94 valence electrons. The first-order valence-electron chi connectivity index (χ1n) is 6.04. The van der Waals surface area contributed by atoms with Crippen molar-refractivity contribution < 1.29 is 14.7 Å². The van der Waals surface area contributed by atoms with E-state index in [9.17, 15) is 14.7 Å². The Bertz CT molecular complexity index is 511. The summed E-state index contributed by atoms with van der Waals surface area (Å²) in [6, 6.07) is 6.06. The fourth-order valence-electron chi connectivity index (χ4n) is 2.30. The van der Waals surface area contributed by atoms with Crippen LogP contribution in [0.5, 0.6) is 5.75 Å². The van der Waals surface area contributed by atoms with E-state index in [0.717, 1.165) is 12.8 Å². The van der Waals surface area contributed by atoms with Crippen LogP contribution in [0.3, 0.4) is 0 Å². The van der Waals surface area contributed by atoms with Crippen LogP contribution in [-0.2, 0) is 9.59 Å². The molecule has 1 aromatic rings. The third kappa shape index (κ3) is 1.81. The van der Waals surface area contributed by atoms with Gasteiger partial charge < -0.3 is 15.3 Å². The molecule has 5 nitrogen and oxygen atoms in total. The number of piperazine rings is 1. The molecule has 1 aliphatic carbocycles. The molecule has 18 heavy (non-hydrogen) atoms. The maximum Gasteiger partial charge on any atom is 0.250 e. The molecule has 0 aromatic heterocycles. The van der Waals surface area contributed by atoms with Gasteiger partial charge in [0.2, 0.25) is 5.91 Å².